The van der Waals surface area contributed by atoms with Crippen LogP contribution in [0.1, 0.15) is 129 Å². The van der Waals surface area contributed by atoms with Gasteiger partial charge in [0.15, 0.2) is 28.9 Å². The molecule has 0 saturated heterocycles. The number of fused-ring (bicyclic) bond motifs is 20. The molecule has 0 amide bonds. The molecule has 14 heteroatoms. The molecule has 2 N–H and O–H groups in total. The number of rotatable bonds is 18. The number of esters is 1. The third-order valence-electron chi connectivity index (χ3n) is 15.1. The molecule has 2 aliphatic heterocycles. The number of ether oxygens (including phenoxy) is 5. The third kappa shape index (κ3) is 11.2. The van der Waals surface area contributed by atoms with E-state index in [1.807, 2.05) is 79.7 Å². The van der Waals surface area contributed by atoms with Crippen LogP contribution in [0, 0.1) is 47.3 Å². The van der Waals surface area contributed by atoms with E-state index >= 15 is 0 Å². The molecule has 9 rings (SSSR count). The molecular weight excluding hydrogens is 989 g/mol. The normalized spacial score (nSPS) is 15.2. The number of hydrogen-bond acceptors (Lipinski definition) is 12. The number of benzene rings is 3. The molecule has 3 aromatic carbocycles. The van der Waals surface area contributed by atoms with Crippen molar-refractivity contribution < 1.29 is 28.5 Å². The van der Waals surface area contributed by atoms with Gasteiger partial charge in [-0.25, -0.2) is 34.7 Å². The van der Waals surface area contributed by atoms with Crippen molar-refractivity contribution in [1.29, 1.82) is 0 Å². The average Bonchev–Trinajstić information content (AvgIpc) is 4.33. The summed E-state index contributed by atoms with van der Waals surface area (Å²) in [6.45, 7) is 40.2. The predicted molar refractivity (Wildman–Crippen MR) is 317 cm³/mol. The number of H-pyrrole nitrogens is 2. The lowest BCUT2D eigenvalue weighted by molar-refractivity contribution is -0.144. The van der Waals surface area contributed by atoms with Crippen LogP contribution in [-0.2, 0) is 14.3 Å². The highest BCUT2D eigenvalue weighted by atomic mass is 16.6. The Morgan fingerprint density at radius 3 is 1.41 bits per heavy atom. The molecule has 8 bridgehead atoms. The van der Waals surface area contributed by atoms with Crippen molar-refractivity contribution in [3.05, 3.63) is 90.5 Å². The molecule has 79 heavy (non-hydrogen) atoms. The molecular formula is C65H80N8O6. The molecule has 6 aromatic rings. The Morgan fingerprint density at radius 2 is 0.911 bits per heavy atom. The van der Waals surface area contributed by atoms with Crippen LogP contribution < -0.4 is 14.2 Å². The Kier molecular flexibility index (Phi) is 16.0. The molecule has 416 valence electrons. The maximum Gasteiger partial charge on any atom is 0.331 e. The lowest BCUT2D eigenvalue weighted by Crippen LogP contribution is -2.29. The fourth-order valence-corrected chi connectivity index (χ4v) is 11.6. The summed E-state index contributed by atoms with van der Waals surface area (Å²) in [5.74, 6) is 4.79. The molecule has 14 nitrogen and oxygen atoms in total. The van der Waals surface area contributed by atoms with Gasteiger partial charge >= 0.3 is 5.97 Å². The van der Waals surface area contributed by atoms with E-state index in [4.69, 9.17) is 53.6 Å². The minimum absolute atomic E-state index is 0.100. The summed E-state index contributed by atoms with van der Waals surface area (Å²) >= 11 is 0. The first-order chi connectivity index (χ1) is 37.5. The minimum atomic E-state index is -1.28. The first-order valence-electron chi connectivity index (χ1n) is 28.4. The zero-order valence-corrected chi connectivity index (χ0v) is 49.3. The Morgan fingerprint density at radius 1 is 0.494 bits per heavy atom. The van der Waals surface area contributed by atoms with Crippen molar-refractivity contribution in [2.45, 2.75) is 148 Å². The highest BCUT2D eigenvalue weighted by Gasteiger charge is 2.35. The number of nitrogens with one attached hydrogen (secondary N) is 2. The van der Waals surface area contributed by atoms with E-state index in [0.29, 0.717) is 91.1 Å². The smallest absolute Gasteiger partial charge is 0.331 e. The first kappa shape index (κ1) is 56.4. The highest BCUT2D eigenvalue weighted by molar-refractivity contribution is 6.08. The van der Waals surface area contributed by atoms with E-state index < -0.39 is 11.6 Å². The Balaban J connectivity index is 1.47. The van der Waals surface area contributed by atoms with Gasteiger partial charge in [0.25, 0.3) is 0 Å². The Hall–Kier alpha value is -7.35. The molecule has 1 atom stereocenters. The number of nitrogens with zero attached hydrogens (tertiary/aromatic N) is 6. The van der Waals surface area contributed by atoms with Gasteiger partial charge in [0.1, 0.15) is 70.0 Å². The minimum Gasteiger partial charge on any atom is -0.489 e. The van der Waals surface area contributed by atoms with Crippen molar-refractivity contribution in [2.75, 3.05) is 0 Å². The molecule has 5 heterocycles. The Bertz CT molecular complexity index is 3500. The number of carbonyl (C=O) groups excluding carboxylic acids is 1. The van der Waals surface area contributed by atoms with Gasteiger partial charge in [-0.3, -0.25) is 0 Å². The molecule has 0 radical (unpaired) electrons. The summed E-state index contributed by atoms with van der Waals surface area (Å²) in [5, 5.41) is 1.53. The van der Waals surface area contributed by atoms with Crippen LogP contribution in [0.5, 0.6) is 17.2 Å². The van der Waals surface area contributed by atoms with Crippen LogP contribution in [0.3, 0.4) is 0 Å². The van der Waals surface area contributed by atoms with Gasteiger partial charge in [-0.2, -0.15) is 0 Å². The van der Waals surface area contributed by atoms with Gasteiger partial charge in [-0.15, -0.1) is 0 Å². The van der Waals surface area contributed by atoms with Crippen LogP contribution in [0.2, 0.25) is 0 Å². The average molecular weight is 1070 g/mol. The molecule has 0 spiro atoms. The maximum atomic E-state index is 13.2. The van der Waals surface area contributed by atoms with Crippen molar-refractivity contribution >= 4 is 51.2 Å². The maximum absolute atomic E-state index is 13.2. The molecule has 0 saturated carbocycles. The Labute approximate surface area is 466 Å². The monoisotopic (exact) mass is 1070 g/mol. The van der Waals surface area contributed by atoms with Crippen molar-refractivity contribution in [2.24, 2.45) is 47.3 Å². The van der Waals surface area contributed by atoms with Gasteiger partial charge in [-0.05, 0) is 78.5 Å². The largest absolute Gasteiger partial charge is 0.489 e. The third-order valence-corrected chi connectivity index (χ3v) is 15.1. The van der Waals surface area contributed by atoms with Gasteiger partial charge in [0.05, 0.1) is 22.1 Å². The number of hydrogen-bond donors (Lipinski definition) is 2. The fraction of sp³-hybridized carbons (Fsp3) is 0.462. The second-order valence-electron chi connectivity index (χ2n) is 24.4. The second-order valence-corrected chi connectivity index (χ2v) is 24.4. The molecule has 0 fully saturated rings. The summed E-state index contributed by atoms with van der Waals surface area (Å²) in [7, 11) is 0. The number of aromatic nitrogens is 8. The highest BCUT2D eigenvalue weighted by Crippen LogP contribution is 2.46. The van der Waals surface area contributed by atoms with E-state index in [1.165, 1.54) is 0 Å². The summed E-state index contributed by atoms with van der Waals surface area (Å²) in [6.07, 6.45) is 6.12. The lowest BCUT2D eigenvalue weighted by atomic mass is 9.96. The zero-order chi connectivity index (χ0) is 56.9. The quantitative estimate of drug-likeness (QED) is 0.0616. The lowest BCUT2D eigenvalue weighted by Gasteiger charge is -2.29. The summed E-state index contributed by atoms with van der Waals surface area (Å²) < 4.78 is 34.4. The summed E-state index contributed by atoms with van der Waals surface area (Å²) in [4.78, 5) is 53.1. The van der Waals surface area contributed by atoms with E-state index in [1.54, 1.807) is 0 Å². The van der Waals surface area contributed by atoms with Crippen LogP contribution >= 0.6 is 0 Å². The van der Waals surface area contributed by atoms with Gasteiger partial charge in [-0.1, -0.05) is 160 Å². The summed E-state index contributed by atoms with van der Waals surface area (Å²) in [5.41, 5.74) is 4.61. The first-order valence-corrected chi connectivity index (χ1v) is 28.4. The number of carbonyl (C=O) groups is 1. The second kappa shape index (κ2) is 22.4. The zero-order valence-electron chi connectivity index (χ0n) is 49.3. The van der Waals surface area contributed by atoms with E-state index in [9.17, 15) is 4.79 Å². The van der Waals surface area contributed by atoms with E-state index in [0.717, 1.165) is 28.0 Å². The topological polar surface area (TPSA) is 172 Å². The molecule has 3 aliphatic rings. The van der Waals surface area contributed by atoms with Gasteiger partial charge in [0.2, 0.25) is 0 Å². The van der Waals surface area contributed by atoms with E-state index in [2.05, 4.69) is 127 Å². The van der Waals surface area contributed by atoms with Crippen LogP contribution in [-0.4, -0.2) is 75.9 Å². The molecule has 3 aromatic heterocycles. The van der Waals surface area contributed by atoms with Crippen molar-refractivity contribution in [1.82, 2.24) is 39.9 Å². The molecule has 1 unspecified atom stereocenters. The summed E-state index contributed by atoms with van der Waals surface area (Å²) in [6, 6.07) is 18.0. The SMILES string of the molecule is C=CC(=O)OC1(C)C=Cc2c(c3nc4nc(nc5[nH]c(nc6nc(nc2[nH]3)-c2c(OC(C(C)C)C(C)C)cccc2-6)c2c(OC(C(C)C)C(C)C)cccc52)-c2c(OC(C(C)C)C(C)C)cccc2-4)C(OC(C(C)C)C(C)C)=C1. The molecule has 1 aliphatic carbocycles. The van der Waals surface area contributed by atoms with Gasteiger partial charge in [0, 0.05) is 34.2 Å². The van der Waals surface area contributed by atoms with Crippen molar-refractivity contribution in [3.8, 4) is 62.8 Å². The number of aromatic amines is 2. The van der Waals surface area contributed by atoms with Crippen molar-refractivity contribution in [3.63, 3.8) is 0 Å². The van der Waals surface area contributed by atoms with Crippen LogP contribution in [0.4, 0.5) is 0 Å². The van der Waals surface area contributed by atoms with E-state index in [-0.39, 0.29) is 71.8 Å². The predicted octanol–water partition coefficient (Wildman–Crippen LogP) is 15.4. The van der Waals surface area contributed by atoms with Crippen LogP contribution in [0.25, 0.3) is 90.7 Å². The standard InChI is InChI=1S/C65H80N8O6/c1-19-48(74)79-65(18)30-29-43-52(47(31-65)78-56(38(14)15)39(16)17)64-71-59-42-25-22-27-45(76-54(34(6)7)35(8)9)50(42)62(70-59)67-57-40-23-20-26-44(75-53(32(2)3)33(4)5)49(40)61(66-57)68-58-41-24-21-28-46(77-55(36(10)11)37(12)13)51(41)63(69-58)72-60(43)73-64/h19-39,53-56H,1H2,2-18H3,(H2,66,67,68,69,70,71,72,73). The van der Waals surface area contributed by atoms with Gasteiger partial charge < -0.3 is 33.7 Å². The van der Waals surface area contributed by atoms with Crippen LogP contribution in [0.15, 0.2) is 79.4 Å². The fourth-order valence-electron chi connectivity index (χ4n) is 11.6.